The van der Waals surface area contributed by atoms with E-state index >= 15 is 0 Å². The van der Waals surface area contributed by atoms with Crippen LogP contribution in [0.2, 0.25) is 5.02 Å². The minimum absolute atomic E-state index is 0.149. The fourth-order valence-electron chi connectivity index (χ4n) is 4.12. The second kappa shape index (κ2) is 6.49. The Labute approximate surface area is 170 Å². The van der Waals surface area contributed by atoms with Gasteiger partial charge in [-0.25, -0.2) is 8.42 Å². The Kier molecular flexibility index (Phi) is 4.47. The predicted octanol–water partition coefficient (Wildman–Crippen LogP) is 4.02. The van der Waals surface area contributed by atoms with Gasteiger partial charge in [-0.05, 0) is 48.7 Å². The molecule has 1 fully saturated rings. The molecule has 3 atom stereocenters. The zero-order valence-corrected chi connectivity index (χ0v) is 17.5. The number of carbonyl (C=O) groups is 1. The monoisotopic (exact) mass is 419 g/mol. The van der Waals surface area contributed by atoms with Gasteiger partial charge in [0, 0.05) is 22.9 Å². The third-order valence-corrected chi connectivity index (χ3v) is 7.91. The van der Waals surface area contributed by atoms with E-state index in [2.05, 4.69) is 5.32 Å². The molecule has 0 unspecified atom stereocenters. The second-order valence-corrected chi connectivity index (χ2v) is 10.5. The maximum atomic E-state index is 13.4. The lowest BCUT2D eigenvalue weighted by atomic mass is 9.81. The van der Waals surface area contributed by atoms with Gasteiger partial charge in [-0.3, -0.25) is 4.79 Å². The van der Waals surface area contributed by atoms with Crippen molar-refractivity contribution in [3.63, 3.8) is 0 Å². The number of halogens is 1. The maximum absolute atomic E-state index is 13.4. The zero-order chi connectivity index (χ0) is 20.3. The highest BCUT2D eigenvalue weighted by Crippen LogP contribution is 2.47. The van der Waals surface area contributed by atoms with Crippen LogP contribution in [0.25, 0.3) is 0 Å². The molecule has 0 aromatic heterocycles. The van der Waals surface area contributed by atoms with Crippen molar-refractivity contribution >= 4 is 27.3 Å². The molecular weight excluding hydrogens is 398 g/mol. The Hall–Kier alpha value is -2.05. The molecule has 2 heterocycles. The summed E-state index contributed by atoms with van der Waals surface area (Å²) < 4.78 is 32.8. The molecule has 2 bridgehead atoms. The molecule has 2 aromatic rings. The number of fused-ring (bicyclic) bond motifs is 4. The lowest BCUT2D eigenvalue weighted by Crippen LogP contribution is -2.63. The van der Waals surface area contributed by atoms with Gasteiger partial charge in [-0.1, -0.05) is 37.6 Å². The molecule has 0 saturated carbocycles. The van der Waals surface area contributed by atoms with Crippen molar-refractivity contribution < 1.29 is 17.9 Å². The Morgan fingerprint density at radius 2 is 1.86 bits per heavy atom. The van der Waals surface area contributed by atoms with E-state index in [-0.39, 0.29) is 4.90 Å². The number of carbonyl (C=O) groups excluding carboxylic acids is 1. The summed E-state index contributed by atoms with van der Waals surface area (Å²) in [5.41, 5.74) is 0.769. The third-order valence-electron chi connectivity index (χ3n) is 5.54. The van der Waals surface area contributed by atoms with Gasteiger partial charge in [0.05, 0.1) is 4.90 Å². The van der Waals surface area contributed by atoms with Crippen LogP contribution in [0.4, 0.5) is 0 Å². The van der Waals surface area contributed by atoms with Crippen LogP contribution in [0.3, 0.4) is 0 Å². The summed E-state index contributed by atoms with van der Waals surface area (Å²) in [6.45, 7) is 5.85. The quantitative estimate of drug-likeness (QED) is 0.815. The van der Waals surface area contributed by atoms with Crippen molar-refractivity contribution in [3.05, 3.63) is 58.6 Å². The Morgan fingerprint density at radius 1 is 1.18 bits per heavy atom. The van der Waals surface area contributed by atoms with Gasteiger partial charge in [0.25, 0.3) is 0 Å². The van der Waals surface area contributed by atoms with Crippen LogP contribution in [-0.4, -0.2) is 25.3 Å². The van der Waals surface area contributed by atoms with Crippen LogP contribution in [0.1, 0.15) is 50.2 Å². The van der Waals surface area contributed by atoms with E-state index < -0.39 is 32.6 Å². The van der Waals surface area contributed by atoms with Crippen LogP contribution in [-0.2, 0) is 14.6 Å². The summed E-state index contributed by atoms with van der Waals surface area (Å²) in [7, 11) is -3.90. The molecule has 1 amide bonds. The summed E-state index contributed by atoms with van der Waals surface area (Å²) in [5.74, 6) is -0.230. The van der Waals surface area contributed by atoms with E-state index in [4.69, 9.17) is 16.3 Å². The van der Waals surface area contributed by atoms with Crippen LogP contribution in [0, 0.1) is 0 Å². The number of benzene rings is 2. The minimum Gasteiger partial charge on any atom is -0.468 e. The van der Waals surface area contributed by atoms with Gasteiger partial charge in [-0.15, -0.1) is 0 Å². The van der Waals surface area contributed by atoms with Crippen LogP contribution >= 0.6 is 11.6 Å². The number of piperidine rings is 1. The first-order valence-corrected chi connectivity index (χ1v) is 11.2. The largest absolute Gasteiger partial charge is 0.468 e. The van der Waals surface area contributed by atoms with Gasteiger partial charge in [0.2, 0.25) is 5.91 Å². The Morgan fingerprint density at radius 3 is 2.50 bits per heavy atom. The highest BCUT2D eigenvalue weighted by molar-refractivity contribution is 7.92. The highest BCUT2D eigenvalue weighted by Gasteiger charge is 2.54. The number of hydrogen-bond acceptors (Lipinski definition) is 4. The molecule has 148 valence electrons. The summed E-state index contributed by atoms with van der Waals surface area (Å²) in [5, 5.41) is 2.01. The lowest BCUT2D eigenvalue weighted by molar-refractivity contribution is -0.132. The van der Waals surface area contributed by atoms with Gasteiger partial charge >= 0.3 is 0 Å². The minimum atomic E-state index is -3.90. The van der Waals surface area contributed by atoms with Gasteiger partial charge < -0.3 is 10.1 Å². The van der Waals surface area contributed by atoms with Crippen LogP contribution in [0.5, 0.6) is 5.75 Å². The molecule has 2 aromatic carbocycles. The summed E-state index contributed by atoms with van der Waals surface area (Å²) >= 11 is 6.14. The maximum Gasteiger partial charge on any atom is 0.242 e. The van der Waals surface area contributed by atoms with E-state index in [1.54, 1.807) is 49.4 Å². The first-order valence-electron chi connectivity index (χ1n) is 9.25. The van der Waals surface area contributed by atoms with E-state index in [1.165, 1.54) is 0 Å². The number of sulfone groups is 1. The molecule has 1 saturated heterocycles. The molecule has 2 aliphatic heterocycles. The Bertz CT molecular complexity index is 1050. The standard InChI is InChI=1S/C21H22ClNO4S/c1-12(2)13-4-7-15(8-5-13)28(25,26)19-17-11-21(3,23-20(19)24)27-18-9-6-14(22)10-16(17)18/h4-10,12,17,19H,11H2,1-3H3,(H,23,24)/t17-,19-,21+/m1/s1. The van der Waals surface area contributed by atoms with Gasteiger partial charge in [0.1, 0.15) is 5.75 Å². The second-order valence-electron chi connectivity index (χ2n) is 8.00. The van der Waals surface area contributed by atoms with E-state index in [0.717, 1.165) is 5.56 Å². The van der Waals surface area contributed by atoms with Crippen LogP contribution in [0.15, 0.2) is 47.4 Å². The normalized spacial score (nSPS) is 26.4. The topological polar surface area (TPSA) is 72.5 Å². The molecular formula is C21H22ClNO4S. The molecule has 0 spiro atoms. The van der Waals surface area contributed by atoms with E-state index in [0.29, 0.717) is 28.7 Å². The molecule has 7 heteroatoms. The van der Waals surface area contributed by atoms with Crippen molar-refractivity contribution in [1.29, 1.82) is 0 Å². The average molecular weight is 420 g/mol. The fourth-order valence-corrected chi connectivity index (χ4v) is 6.13. The summed E-state index contributed by atoms with van der Waals surface area (Å²) in [6.07, 6.45) is 0.361. The number of amides is 1. The zero-order valence-electron chi connectivity index (χ0n) is 15.9. The van der Waals surface area contributed by atoms with E-state index in [1.807, 2.05) is 13.8 Å². The molecule has 5 nitrogen and oxygen atoms in total. The molecule has 0 radical (unpaired) electrons. The smallest absolute Gasteiger partial charge is 0.242 e. The average Bonchev–Trinajstić information content (AvgIpc) is 2.61. The molecule has 1 N–H and O–H groups in total. The highest BCUT2D eigenvalue weighted by atomic mass is 35.5. The van der Waals surface area contributed by atoms with Crippen LogP contribution < -0.4 is 10.1 Å². The van der Waals surface area contributed by atoms with Crippen molar-refractivity contribution in [2.24, 2.45) is 0 Å². The number of rotatable bonds is 3. The lowest BCUT2D eigenvalue weighted by Gasteiger charge is -2.46. The van der Waals surface area contributed by atoms with Gasteiger partial charge in [-0.2, -0.15) is 0 Å². The SMILES string of the molecule is CC(C)c1ccc(S(=O)(=O)[C@H]2C(=O)N[C@]3(C)C[C@@H]2c2cc(Cl)ccc2O3)cc1. The molecule has 0 aliphatic carbocycles. The predicted molar refractivity (Wildman–Crippen MR) is 107 cm³/mol. The number of ether oxygens (including phenoxy) is 1. The molecule has 4 rings (SSSR count). The van der Waals surface area contributed by atoms with Crippen molar-refractivity contribution in [2.45, 2.75) is 54.9 Å². The first-order chi connectivity index (χ1) is 13.1. The summed E-state index contributed by atoms with van der Waals surface area (Å²) in [6, 6.07) is 11.9. The molecule has 28 heavy (non-hydrogen) atoms. The van der Waals surface area contributed by atoms with E-state index in [9.17, 15) is 13.2 Å². The number of nitrogens with one attached hydrogen (secondary N) is 1. The van der Waals surface area contributed by atoms with Crippen molar-refractivity contribution in [2.75, 3.05) is 0 Å². The van der Waals surface area contributed by atoms with Crippen molar-refractivity contribution in [1.82, 2.24) is 5.32 Å². The van der Waals surface area contributed by atoms with Gasteiger partial charge in [0.15, 0.2) is 20.8 Å². The molecule has 2 aliphatic rings. The first kappa shape index (κ1) is 19.3. The summed E-state index contributed by atoms with van der Waals surface area (Å²) in [4.78, 5) is 13.0. The fraction of sp³-hybridized carbons (Fsp3) is 0.381. The Balaban J connectivity index is 1.81. The van der Waals surface area contributed by atoms with Crippen molar-refractivity contribution in [3.8, 4) is 5.75 Å². The number of hydrogen-bond donors (Lipinski definition) is 1. The third kappa shape index (κ3) is 3.08.